The van der Waals surface area contributed by atoms with E-state index in [1.807, 2.05) is 12.4 Å². The summed E-state index contributed by atoms with van der Waals surface area (Å²) >= 11 is 0. The van der Waals surface area contributed by atoms with Crippen LogP contribution < -0.4 is 4.90 Å². The van der Waals surface area contributed by atoms with Crippen LogP contribution in [-0.2, 0) is 6.42 Å². The van der Waals surface area contributed by atoms with Crippen LogP contribution in [0.5, 0.6) is 0 Å². The fourth-order valence-corrected chi connectivity index (χ4v) is 2.54. The van der Waals surface area contributed by atoms with Crippen molar-refractivity contribution in [3.05, 3.63) is 59.5 Å². The number of anilines is 1. The molecule has 0 aliphatic carbocycles. The molecule has 0 saturated heterocycles. The van der Waals surface area contributed by atoms with E-state index < -0.39 is 0 Å². The molecule has 0 bridgehead atoms. The Bertz CT molecular complexity index is 727. The van der Waals surface area contributed by atoms with Gasteiger partial charge in [-0.1, -0.05) is 6.07 Å². The standard InChI is InChI=1S/C17H19N3/c1-12-15-5-4-14(20(2)3)11-17(15)19-16(12)10-13-6-8-18-9-7-13/h4-9,11,19H,10H2,1-3H3. The van der Waals surface area contributed by atoms with E-state index >= 15 is 0 Å². The lowest BCUT2D eigenvalue weighted by Gasteiger charge is -2.11. The number of hydrogen-bond donors (Lipinski definition) is 1. The van der Waals surface area contributed by atoms with Crippen molar-refractivity contribution in [3.8, 4) is 0 Å². The van der Waals surface area contributed by atoms with Gasteiger partial charge in [-0.25, -0.2) is 0 Å². The van der Waals surface area contributed by atoms with E-state index in [0.29, 0.717) is 0 Å². The van der Waals surface area contributed by atoms with E-state index in [-0.39, 0.29) is 0 Å². The van der Waals surface area contributed by atoms with Crippen LogP contribution in [0.2, 0.25) is 0 Å². The number of aromatic nitrogens is 2. The monoisotopic (exact) mass is 265 g/mol. The fraction of sp³-hybridized carbons (Fsp3) is 0.235. The van der Waals surface area contributed by atoms with E-state index in [1.165, 1.54) is 33.4 Å². The van der Waals surface area contributed by atoms with Gasteiger partial charge in [0.05, 0.1) is 0 Å². The number of rotatable bonds is 3. The summed E-state index contributed by atoms with van der Waals surface area (Å²) in [6.45, 7) is 2.19. The molecule has 3 nitrogen and oxygen atoms in total. The molecule has 0 spiro atoms. The Kier molecular flexibility index (Phi) is 3.18. The lowest BCUT2D eigenvalue weighted by molar-refractivity contribution is 1.08. The molecule has 0 fully saturated rings. The molecule has 0 aliphatic heterocycles. The maximum absolute atomic E-state index is 4.07. The molecule has 1 N–H and O–H groups in total. The summed E-state index contributed by atoms with van der Waals surface area (Å²) in [7, 11) is 4.13. The normalized spacial score (nSPS) is 10.9. The third-order valence-electron chi connectivity index (χ3n) is 3.79. The van der Waals surface area contributed by atoms with E-state index in [9.17, 15) is 0 Å². The lowest BCUT2D eigenvalue weighted by atomic mass is 10.1. The number of aromatic amines is 1. The number of pyridine rings is 1. The van der Waals surface area contributed by atoms with Crippen LogP contribution in [0.15, 0.2) is 42.7 Å². The molecule has 0 radical (unpaired) electrons. The molecule has 102 valence electrons. The van der Waals surface area contributed by atoms with Gasteiger partial charge in [0.15, 0.2) is 0 Å². The summed E-state index contributed by atoms with van der Waals surface area (Å²) < 4.78 is 0. The average Bonchev–Trinajstić information content (AvgIpc) is 2.76. The third-order valence-corrected chi connectivity index (χ3v) is 3.79. The molecule has 2 aromatic heterocycles. The number of H-pyrrole nitrogens is 1. The fourth-order valence-electron chi connectivity index (χ4n) is 2.54. The highest BCUT2D eigenvalue weighted by atomic mass is 15.1. The molecular weight excluding hydrogens is 246 g/mol. The summed E-state index contributed by atoms with van der Waals surface area (Å²) in [5, 5.41) is 1.31. The molecule has 3 aromatic rings. The molecule has 3 rings (SSSR count). The van der Waals surface area contributed by atoms with E-state index in [0.717, 1.165) is 6.42 Å². The van der Waals surface area contributed by atoms with Crippen molar-refractivity contribution in [2.24, 2.45) is 0 Å². The van der Waals surface area contributed by atoms with Crippen LogP contribution in [0, 0.1) is 6.92 Å². The summed E-state index contributed by atoms with van der Waals surface area (Å²) in [6.07, 6.45) is 4.61. The van der Waals surface area contributed by atoms with E-state index in [1.54, 1.807) is 0 Å². The second-order valence-corrected chi connectivity index (χ2v) is 5.39. The van der Waals surface area contributed by atoms with Gasteiger partial charge < -0.3 is 9.88 Å². The van der Waals surface area contributed by atoms with Gasteiger partial charge in [-0.15, -0.1) is 0 Å². The maximum atomic E-state index is 4.07. The first kappa shape index (κ1) is 12.7. The highest BCUT2D eigenvalue weighted by Crippen LogP contribution is 2.26. The van der Waals surface area contributed by atoms with Crippen LogP contribution in [0.25, 0.3) is 10.9 Å². The number of aryl methyl sites for hydroxylation is 1. The predicted octanol–water partition coefficient (Wildman–Crippen LogP) is 3.53. The summed E-state index contributed by atoms with van der Waals surface area (Å²) in [4.78, 5) is 9.75. The van der Waals surface area contributed by atoms with Crippen LogP contribution in [0.1, 0.15) is 16.8 Å². The van der Waals surface area contributed by atoms with Gasteiger partial charge in [-0.3, -0.25) is 4.98 Å². The number of fused-ring (bicyclic) bond motifs is 1. The van der Waals surface area contributed by atoms with Crippen LogP contribution in [-0.4, -0.2) is 24.1 Å². The van der Waals surface area contributed by atoms with Gasteiger partial charge in [-0.05, 0) is 42.3 Å². The molecular formula is C17H19N3. The zero-order valence-electron chi connectivity index (χ0n) is 12.1. The maximum Gasteiger partial charge on any atom is 0.0479 e. The Morgan fingerprint density at radius 2 is 1.85 bits per heavy atom. The molecule has 2 heterocycles. The Morgan fingerprint density at radius 1 is 1.10 bits per heavy atom. The van der Waals surface area contributed by atoms with Crippen molar-refractivity contribution in [1.29, 1.82) is 0 Å². The van der Waals surface area contributed by atoms with Gasteiger partial charge in [0.2, 0.25) is 0 Å². The van der Waals surface area contributed by atoms with Gasteiger partial charge in [0.25, 0.3) is 0 Å². The largest absolute Gasteiger partial charge is 0.378 e. The number of nitrogens with zero attached hydrogens (tertiary/aromatic N) is 2. The second-order valence-electron chi connectivity index (χ2n) is 5.39. The number of nitrogens with one attached hydrogen (secondary N) is 1. The first-order valence-corrected chi connectivity index (χ1v) is 6.82. The van der Waals surface area contributed by atoms with Crippen molar-refractivity contribution in [2.45, 2.75) is 13.3 Å². The van der Waals surface area contributed by atoms with E-state index in [4.69, 9.17) is 0 Å². The molecule has 3 heteroatoms. The second kappa shape index (κ2) is 5.00. The highest BCUT2D eigenvalue weighted by molar-refractivity contribution is 5.87. The minimum Gasteiger partial charge on any atom is -0.378 e. The lowest BCUT2D eigenvalue weighted by Crippen LogP contribution is -2.07. The molecule has 0 atom stereocenters. The first-order chi connectivity index (χ1) is 9.65. The van der Waals surface area contributed by atoms with Gasteiger partial charge in [0.1, 0.15) is 0 Å². The van der Waals surface area contributed by atoms with Crippen LogP contribution >= 0.6 is 0 Å². The number of hydrogen-bond acceptors (Lipinski definition) is 2. The van der Waals surface area contributed by atoms with Crippen molar-refractivity contribution >= 4 is 16.6 Å². The Labute approximate surface area is 119 Å². The van der Waals surface area contributed by atoms with Crippen molar-refractivity contribution in [2.75, 3.05) is 19.0 Å². The zero-order chi connectivity index (χ0) is 14.1. The molecule has 0 aliphatic rings. The molecule has 1 aromatic carbocycles. The van der Waals surface area contributed by atoms with Gasteiger partial charge in [0, 0.05) is 55.2 Å². The Balaban J connectivity index is 2.02. The topological polar surface area (TPSA) is 31.9 Å². The molecule has 0 saturated carbocycles. The van der Waals surface area contributed by atoms with E-state index in [2.05, 4.69) is 66.2 Å². The summed E-state index contributed by atoms with van der Waals surface area (Å²) in [6, 6.07) is 10.7. The molecule has 0 unspecified atom stereocenters. The van der Waals surface area contributed by atoms with Crippen LogP contribution in [0.4, 0.5) is 5.69 Å². The number of benzene rings is 1. The van der Waals surface area contributed by atoms with Crippen LogP contribution in [0.3, 0.4) is 0 Å². The molecule has 20 heavy (non-hydrogen) atoms. The zero-order valence-corrected chi connectivity index (χ0v) is 12.1. The van der Waals surface area contributed by atoms with Gasteiger partial charge >= 0.3 is 0 Å². The van der Waals surface area contributed by atoms with Crippen molar-refractivity contribution in [3.63, 3.8) is 0 Å². The smallest absolute Gasteiger partial charge is 0.0479 e. The SMILES string of the molecule is Cc1c(Cc2ccncc2)[nH]c2cc(N(C)C)ccc12. The summed E-state index contributed by atoms with van der Waals surface area (Å²) in [5.74, 6) is 0. The first-order valence-electron chi connectivity index (χ1n) is 6.82. The minimum atomic E-state index is 0.917. The van der Waals surface area contributed by atoms with Crippen molar-refractivity contribution < 1.29 is 0 Å². The Hall–Kier alpha value is -2.29. The molecule has 0 amide bonds. The summed E-state index contributed by atoms with van der Waals surface area (Å²) in [5.41, 5.74) is 6.32. The highest BCUT2D eigenvalue weighted by Gasteiger charge is 2.09. The minimum absolute atomic E-state index is 0.917. The van der Waals surface area contributed by atoms with Gasteiger partial charge in [-0.2, -0.15) is 0 Å². The van der Waals surface area contributed by atoms with Crippen molar-refractivity contribution in [1.82, 2.24) is 9.97 Å². The third kappa shape index (κ3) is 2.27. The average molecular weight is 265 g/mol. The predicted molar refractivity (Wildman–Crippen MR) is 84.4 cm³/mol. The quantitative estimate of drug-likeness (QED) is 0.785. The Morgan fingerprint density at radius 3 is 2.55 bits per heavy atom.